The van der Waals surface area contributed by atoms with Crippen LogP contribution in [0.3, 0.4) is 0 Å². The molecule has 1 aromatic carbocycles. The van der Waals surface area contributed by atoms with Crippen molar-refractivity contribution in [3.63, 3.8) is 0 Å². The van der Waals surface area contributed by atoms with E-state index in [0.29, 0.717) is 17.6 Å². The Bertz CT molecular complexity index is 430. The van der Waals surface area contributed by atoms with Gasteiger partial charge >= 0.3 is 0 Å². The van der Waals surface area contributed by atoms with Gasteiger partial charge in [-0.3, -0.25) is 4.79 Å². The lowest BCUT2D eigenvalue weighted by Crippen LogP contribution is -2.20. The minimum Gasteiger partial charge on any atom is -0.295 e. The first-order valence-electron chi connectivity index (χ1n) is 6.17. The lowest BCUT2D eigenvalue weighted by molar-refractivity contribution is -0.119. The molecule has 2 aliphatic carbocycles. The highest BCUT2D eigenvalue weighted by Gasteiger charge is 2.37. The van der Waals surface area contributed by atoms with Crippen molar-refractivity contribution in [1.29, 1.82) is 0 Å². The van der Waals surface area contributed by atoms with E-state index in [0.717, 1.165) is 6.42 Å². The summed E-state index contributed by atoms with van der Waals surface area (Å²) in [7, 11) is 0. The Labute approximate surface area is 96.2 Å². The number of hydrogen-bond donors (Lipinski definition) is 0. The third-order valence-corrected chi connectivity index (χ3v) is 3.94. The Morgan fingerprint density at radius 2 is 1.62 bits per heavy atom. The zero-order chi connectivity index (χ0) is 11.0. The van der Waals surface area contributed by atoms with Crippen LogP contribution in [0.4, 0.5) is 0 Å². The van der Waals surface area contributed by atoms with Crippen molar-refractivity contribution in [2.24, 2.45) is 11.8 Å². The highest BCUT2D eigenvalue weighted by Crippen LogP contribution is 2.44. The first kappa shape index (κ1) is 9.83. The molecule has 0 heterocycles. The molecule has 3 rings (SSSR count). The summed E-state index contributed by atoms with van der Waals surface area (Å²) in [5, 5.41) is 0. The quantitative estimate of drug-likeness (QED) is 0.696. The first-order chi connectivity index (χ1) is 7.86. The zero-order valence-corrected chi connectivity index (χ0v) is 9.36. The van der Waals surface area contributed by atoms with Crippen LogP contribution in [0.25, 0.3) is 5.57 Å². The Morgan fingerprint density at radius 3 is 2.38 bits per heavy atom. The average molecular weight is 212 g/mol. The number of allylic oxidation sites excluding steroid dienone is 2. The van der Waals surface area contributed by atoms with Gasteiger partial charge in [-0.1, -0.05) is 43.2 Å². The van der Waals surface area contributed by atoms with E-state index in [2.05, 4.69) is 24.3 Å². The molecular weight excluding hydrogens is 196 g/mol. The highest BCUT2D eigenvalue weighted by molar-refractivity contribution is 6.04. The summed E-state index contributed by atoms with van der Waals surface area (Å²) in [6, 6.07) is 10.4. The van der Waals surface area contributed by atoms with Gasteiger partial charge in [0.2, 0.25) is 0 Å². The second kappa shape index (κ2) is 3.89. The van der Waals surface area contributed by atoms with Gasteiger partial charge in [0, 0.05) is 5.92 Å². The third kappa shape index (κ3) is 1.51. The molecule has 1 nitrogen and oxygen atoms in total. The van der Waals surface area contributed by atoms with Crippen LogP contribution in [0.2, 0.25) is 0 Å². The lowest BCUT2D eigenvalue weighted by atomic mass is 9.77. The van der Waals surface area contributed by atoms with Gasteiger partial charge in [-0.25, -0.2) is 0 Å². The van der Waals surface area contributed by atoms with Crippen molar-refractivity contribution in [2.45, 2.75) is 25.7 Å². The van der Waals surface area contributed by atoms with E-state index in [1.165, 1.54) is 30.4 Å². The topological polar surface area (TPSA) is 17.1 Å². The van der Waals surface area contributed by atoms with Crippen LogP contribution in [0.5, 0.6) is 0 Å². The first-order valence-corrected chi connectivity index (χ1v) is 6.17. The van der Waals surface area contributed by atoms with Crippen molar-refractivity contribution >= 4 is 11.4 Å². The van der Waals surface area contributed by atoms with E-state index < -0.39 is 0 Å². The molecule has 0 N–H and O–H groups in total. The smallest absolute Gasteiger partial charge is 0.159 e. The fourth-order valence-corrected chi connectivity index (χ4v) is 3.14. The third-order valence-electron chi connectivity index (χ3n) is 3.94. The van der Waals surface area contributed by atoms with Gasteiger partial charge in [0.25, 0.3) is 0 Å². The van der Waals surface area contributed by atoms with Crippen LogP contribution in [0, 0.1) is 11.8 Å². The predicted octanol–water partition coefficient (Wildman–Crippen LogP) is 3.46. The summed E-state index contributed by atoms with van der Waals surface area (Å²) < 4.78 is 0. The number of carbonyl (C=O) groups is 1. The van der Waals surface area contributed by atoms with E-state index in [1.54, 1.807) is 0 Å². The van der Waals surface area contributed by atoms with Gasteiger partial charge in [0.05, 0.1) is 0 Å². The Balaban J connectivity index is 1.96. The summed E-state index contributed by atoms with van der Waals surface area (Å²) in [5.74, 6) is 1.16. The minimum absolute atomic E-state index is 0.295. The highest BCUT2D eigenvalue weighted by atomic mass is 16.1. The molecule has 82 valence electrons. The lowest BCUT2D eigenvalue weighted by Gasteiger charge is -2.26. The molecule has 0 aliphatic heterocycles. The monoisotopic (exact) mass is 212 g/mol. The molecule has 16 heavy (non-hydrogen) atoms. The SMILES string of the molecule is O=C1C=C(c2ccccc2)C2CCCCC12. The number of benzene rings is 1. The standard InChI is InChI=1S/C15H16O/c16-15-10-14(11-6-2-1-3-7-11)12-8-4-5-9-13(12)15/h1-3,6-7,10,12-13H,4-5,8-9H2. The van der Waals surface area contributed by atoms with Gasteiger partial charge in [-0.15, -0.1) is 0 Å². The van der Waals surface area contributed by atoms with Crippen LogP contribution in [-0.2, 0) is 4.79 Å². The number of rotatable bonds is 1. The van der Waals surface area contributed by atoms with E-state index >= 15 is 0 Å². The van der Waals surface area contributed by atoms with E-state index in [4.69, 9.17) is 0 Å². The summed E-state index contributed by atoms with van der Waals surface area (Å²) in [6.07, 6.45) is 6.69. The number of hydrogen-bond acceptors (Lipinski definition) is 1. The molecule has 1 aromatic rings. The van der Waals surface area contributed by atoms with E-state index in [1.807, 2.05) is 12.1 Å². The summed E-state index contributed by atoms with van der Waals surface area (Å²) in [6.45, 7) is 0. The Kier molecular flexibility index (Phi) is 2.39. The number of fused-ring (bicyclic) bond motifs is 1. The Hall–Kier alpha value is -1.37. The maximum atomic E-state index is 11.9. The van der Waals surface area contributed by atoms with E-state index in [-0.39, 0.29) is 0 Å². The molecule has 0 amide bonds. The fraction of sp³-hybridized carbons (Fsp3) is 0.400. The largest absolute Gasteiger partial charge is 0.295 e. The number of carbonyl (C=O) groups excluding carboxylic acids is 1. The van der Waals surface area contributed by atoms with Crippen LogP contribution >= 0.6 is 0 Å². The molecule has 2 unspecified atom stereocenters. The molecule has 0 aromatic heterocycles. The number of ketones is 1. The Morgan fingerprint density at radius 1 is 0.938 bits per heavy atom. The maximum Gasteiger partial charge on any atom is 0.159 e. The van der Waals surface area contributed by atoms with Crippen LogP contribution in [-0.4, -0.2) is 5.78 Å². The second-order valence-corrected chi connectivity index (χ2v) is 4.87. The molecular formula is C15H16O. The second-order valence-electron chi connectivity index (χ2n) is 4.87. The van der Waals surface area contributed by atoms with Gasteiger partial charge in [0.1, 0.15) is 0 Å². The average Bonchev–Trinajstić information content (AvgIpc) is 2.69. The summed E-state index contributed by atoms with van der Waals surface area (Å²) in [4.78, 5) is 11.9. The van der Waals surface area contributed by atoms with Gasteiger partial charge in [-0.2, -0.15) is 0 Å². The predicted molar refractivity (Wildman–Crippen MR) is 64.9 cm³/mol. The minimum atomic E-state index is 0.295. The van der Waals surface area contributed by atoms with Crippen molar-refractivity contribution < 1.29 is 4.79 Å². The van der Waals surface area contributed by atoms with E-state index in [9.17, 15) is 4.79 Å². The molecule has 0 bridgehead atoms. The van der Waals surface area contributed by atoms with Crippen molar-refractivity contribution in [2.75, 3.05) is 0 Å². The van der Waals surface area contributed by atoms with Crippen molar-refractivity contribution in [3.05, 3.63) is 42.0 Å². The van der Waals surface area contributed by atoms with Gasteiger partial charge in [0.15, 0.2) is 5.78 Å². The van der Waals surface area contributed by atoms with Crippen LogP contribution < -0.4 is 0 Å². The van der Waals surface area contributed by atoms with Gasteiger partial charge in [-0.05, 0) is 36.0 Å². The molecule has 0 spiro atoms. The maximum absolute atomic E-state index is 11.9. The van der Waals surface area contributed by atoms with Crippen LogP contribution in [0.15, 0.2) is 36.4 Å². The molecule has 2 atom stereocenters. The summed E-state index contributed by atoms with van der Waals surface area (Å²) in [5.41, 5.74) is 2.53. The molecule has 1 fully saturated rings. The van der Waals surface area contributed by atoms with Crippen LogP contribution in [0.1, 0.15) is 31.2 Å². The molecule has 0 radical (unpaired) electrons. The van der Waals surface area contributed by atoms with Crippen molar-refractivity contribution in [3.8, 4) is 0 Å². The normalized spacial score (nSPS) is 28.8. The van der Waals surface area contributed by atoms with Crippen molar-refractivity contribution in [1.82, 2.24) is 0 Å². The molecule has 2 aliphatic rings. The molecule has 0 saturated heterocycles. The van der Waals surface area contributed by atoms with Gasteiger partial charge < -0.3 is 0 Å². The molecule has 1 saturated carbocycles. The fourth-order valence-electron chi connectivity index (χ4n) is 3.14. The zero-order valence-electron chi connectivity index (χ0n) is 9.36. The molecule has 1 heteroatoms. The summed E-state index contributed by atoms with van der Waals surface area (Å²) >= 11 is 0.